The molecule has 1 aromatic rings. The van der Waals surface area contributed by atoms with Crippen molar-refractivity contribution in [3.8, 4) is 0 Å². The second-order valence-corrected chi connectivity index (χ2v) is 8.77. The number of amides is 1. The molecule has 1 amide bonds. The van der Waals surface area contributed by atoms with Crippen LogP contribution in [0.1, 0.15) is 23.2 Å². The molecule has 0 spiro atoms. The van der Waals surface area contributed by atoms with E-state index in [0.29, 0.717) is 4.83 Å². The molecule has 0 aromatic carbocycles. The van der Waals surface area contributed by atoms with Crippen LogP contribution in [-0.4, -0.2) is 28.7 Å². The lowest BCUT2D eigenvalue weighted by Crippen LogP contribution is -2.40. The normalized spacial score (nSPS) is 21.2. The number of hydrogen-bond donors (Lipinski definition) is 0. The largest absolute Gasteiger partial charge is 0.337 e. The van der Waals surface area contributed by atoms with Crippen molar-refractivity contribution in [3.63, 3.8) is 0 Å². The van der Waals surface area contributed by atoms with Crippen LogP contribution in [0.25, 0.3) is 0 Å². The smallest absolute Gasteiger partial charge is 0.255 e. The number of thiophene rings is 1. The van der Waals surface area contributed by atoms with Gasteiger partial charge in [0.15, 0.2) is 0 Å². The molecular weight excluding hydrogens is 422 g/mol. The van der Waals surface area contributed by atoms with E-state index in [9.17, 15) is 4.79 Å². The Hall–Kier alpha value is 0.610. The van der Waals surface area contributed by atoms with Gasteiger partial charge in [-0.2, -0.15) is 0 Å². The molecule has 0 aliphatic carbocycles. The zero-order chi connectivity index (χ0) is 11.7. The Morgan fingerprint density at radius 2 is 2.25 bits per heavy atom. The quantitative estimate of drug-likeness (QED) is 0.608. The highest BCUT2D eigenvalue weighted by Gasteiger charge is 2.25. The van der Waals surface area contributed by atoms with E-state index in [-0.39, 0.29) is 5.91 Å². The minimum Gasteiger partial charge on any atom is -0.337 e. The average Bonchev–Trinajstić information content (AvgIpc) is 2.57. The van der Waals surface area contributed by atoms with Gasteiger partial charge in [0.1, 0.15) is 0 Å². The van der Waals surface area contributed by atoms with Gasteiger partial charge in [-0.05, 0) is 50.8 Å². The number of alkyl halides is 1. The molecule has 1 saturated heterocycles. The lowest BCUT2D eigenvalue weighted by molar-refractivity contribution is 0.0729. The van der Waals surface area contributed by atoms with Gasteiger partial charge in [0.25, 0.3) is 5.91 Å². The van der Waals surface area contributed by atoms with Crippen LogP contribution in [0.3, 0.4) is 0 Å². The maximum atomic E-state index is 12.2. The van der Waals surface area contributed by atoms with Crippen molar-refractivity contribution in [1.82, 2.24) is 4.90 Å². The molecule has 88 valence electrons. The highest BCUT2D eigenvalue weighted by Crippen LogP contribution is 2.33. The fraction of sp³-hybridized carbons (Fsp3) is 0.500. The van der Waals surface area contributed by atoms with E-state index in [2.05, 4.69) is 47.8 Å². The fourth-order valence-corrected chi connectivity index (χ4v) is 5.22. The average molecular weight is 432 g/mol. The van der Waals surface area contributed by atoms with Gasteiger partial charge in [-0.1, -0.05) is 15.9 Å². The van der Waals surface area contributed by atoms with Crippen molar-refractivity contribution in [2.75, 3.05) is 13.1 Å². The highest BCUT2D eigenvalue weighted by molar-refractivity contribution is 9.12. The molecule has 2 nitrogen and oxygen atoms in total. The third-order valence-corrected chi connectivity index (χ3v) is 5.62. The third kappa shape index (κ3) is 2.89. The molecular formula is C10H10Br3NOS. The summed E-state index contributed by atoms with van der Waals surface area (Å²) in [5, 5.41) is 0. The first-order valence-electron chi connectivity index (χ1n) is 4.96. The summed E-state index contributed by atoms with van der Waals surface area (Å²) in [5.41, 5.74) is 0.762. The number of likely N-dealkylation sites (tertiary alicyclic amines) is 1. The van der Waals surface area contributed by atoms with E-state index in [1.165, 1.54) is 11.3 Å². The molecule has 2 rings (SSSR count). The predicted molar refractivity (Wildman–Crippen MR) is 77.6 cm³/mol. The van der Waals surface area contributed by atoms with Gasteiger partial charge in [-0.25, -0.2) is 0 Å². The molecule has 0 radical (unpaired) electrons. The van der Waals surface area contributed by atoms with Crippen molar-refractivity contribution >= 4 is 65.0 Å². The molecule has 1 unspecified atom stereocenters. The Labute approximate surface area is 124 Å². The Balaban J connectivity index is 2.15. The zero-order valence-electron chi connectivity index (χ0n) is 8.38. The first-order valence-corrected chi connectivity index (χ1v) is 8.28. The van der Waals surface area contributed by atoms with Crippen LogP contribution in [-0.2, 0) is 0 Å². The summed E-state index contributed by atoms with van der Waals surface area (Å²) in [6, 6.07) is 1.88. The number of carbonyl (C=O) groups is 1. The van der Waals surface area contributed by atoms with E-state index in [1.54, 1.807) is 0 Å². The van der Waals surface area contributed by atoms with E-state index in [0.717, 1.165) is 39.1 Å². The molecule has 16 heavy (non-hydrogen) atoms. The Bertz CT molecular complexity index is 407. The fourth-order valence-electron chi connectivity index (χ4n) is 1.77. The number of halogens is 3. The summed E-state index contributed by atoms with van der Waals surface area (Å²) in [5.74, 6) is 0.123. The van der Waals surface area contributed by atoms with Crippen LogP contribution in [0.5, 0.6) is 0 Å². The zero-order valence-corrected chi connectivity index (χ0v) is 14.0. The summed E-state index contributed by atoms with van der Waals surface area (Å²) in [7, 11) is 0. The van der Waals surface area contributed by atoms with Crippen LogP contribution in [0, 0.1) is 0 Å². The number of rotatable bonds is 1. The monoisotopic (exact) mass is 429 g/mol. The van der Waals surface area contributed by atoms with Crippen molar-refractivity contribution < 1.29 is 4.79 Å². The molecule has 1 aliphatic rings. The third-order valence-electron chi connectivity index (χ3n) is 2.54. The van der Waals surface area contributed by atoms with E-state index in [4.69, 9.17) is 0 Å². The number of nitrogens with zero attached hydrogens (tertiary/aromatic N) is 1. The van der Waals surface area contributed by atoms with Gasteiger partial charge < -0.3 is 4.90 Å². The summed E-state index contributed by atoms with van der Waals surface area (Å²) in [6.45, 7) is 1.67. The predicted octanol–water partition coefficient (Wildman–Crippen LogP) is 4.27. The van der Waals surface area contributed by atoms with Crippen LogP contribution in [0.2, 0.25) is 0 Å². The molecule has 1 fully saturated rings. The topological polar surface area (TPSA) is 20.3 Å². The Morgan fingerprint density at radius 1 is 1.50 bits per heavy atom. The van der Waals surface area contributed by atoms with Gasteiger partial charge in [-0.15, -0.1) is 11.3 Å². The van der Waals surface area contributed by atoms with Crippen LogP contribution >= 0.6 is 59.1 Å². The SMILES string of the molecule is O=C(c1cc(Br)sc1Br)N1CCCC(Br)C1. The highest BCUT2D eigenvalue weighted by atomic mass is 79.9. The number of piperidine rings is 1. The first kappa shape index (κ1) is 13.1. The van der Waals surface area contributed by atoms with Crippen molar-refractivity contribution in [2.45, 2.75) is 17.7 Å². The lowest BCUT2D eigenvalue weighted by Gasteiger charge is -2.29. The minimum atomic E-state index is 0.123. The second-order valence-electron chi connectivity index (χ2n) is 3.73. The van der Waals surface area contributed by atoms with Gasteiger partial charge in [0.05, 0.1) is 13.1 Å². The summed E-state index contributed by atoms with van der Waals surface area (Å²) in [4.78, 5) is 14.6. The minimum absolute atomic E-state index is 0.123. The standard InChI is InChI=1S/C10H10Br3NOS/c11-6-2-1-3-14(5-6)10(15)7-4-8(12)16-9(7)13/h4,6H,1-3,5H2. The molecule has 6 heteroatoms. The Kier molecular flexibility index (Phi) is 4.49. The van der Waals surface area contributed by atoms with E-state index in [1.807, 2.05) is 11.0 Å². The maximum absolute atomic E-state index is 12.2. The molecule has 0 bridgehead atoms. The summed E-state index contributed by atoms with van der Waals surface area (Å²) < 4.78 is 1.89. The van der Waals surface area contributed by atoms with Crippen molar-refractivity contribution in [2.24, 2.45) is 0 Å². The van der Waals surface area contributed by atoms with Gasteiger partial charge in [0.2, 0.25) is 0 Å². The number of carbonyl (C=O) groups excluding carboxylic acids is 1. The van der Waals surface area contributed by atoms with Gasteiger partial charge in [-0.3, -0.25) is 4.79 Å². The Morgan fingerprint density at radius 3 is 2.81 bits per heavy atom. The second kappa shape index (κ2) is 5.50. The van der Waals surface area contributed by atoms with Crippen molar-refractivity contribution in [1.29, 1.82) is 0 Å². The van der Waals surface area contributed by atoms with E-state index < -0.39 is 0 Å². The van der Waals surface area contributed by atoms with Gasteiger partial charge in [0, 0.05) is 17.9 Å². The van der Waals surface area contributed by atoms with Crippen LogP contribution < -0.4 is 0 Å². The van der Waals surface area contributed by atoms with Crippen LogP contribution in [0.4, 0.5) is 0 Å². The van der Waals surface area contributed by atoms with E-state index >= 15 is 0 Å². The molecule has 1 aromatic heterocycles. The molecule has 1 atom stereocenters. The summed E-state index contributed by atoms with van der Waals surface area (Å²) in [6.07, 6.45) is 2.23. The lowest BCUT2D eigenvalue weighted by atomic mass is 10.1. The molecule has 1 aliphatic heterocycles. The molecule has 0 N–H and O–H groups in total. The van der Waals surface area contributed by atoms with Gasteiger partial charge >= 0.3 is 0 Å². The molecule has 2 heterocycles. The first-order chi connectivity index (χ1) is 7.58. The summed E-state index contributed by atoms with van der Waals surface area (Å²) >= 11 is 11.9. The van der Waals surface area contributed by atoms with Crippen LogP contribution in [0.15, 0.2) is 13.6 Å². The van der Waals surface area contributed by atoms with Crippen molar-refractivity contribution in [3.05, 3.63) is 19.2 Å². The molecule has 0 saturated carbocycles. The number of hydrogen-bond acceptors (Lipinski definition) is 2. The maximum Gasteiger partial charge on any atom is 0.255 e.